The second-order valence-electron chi connectivity index (χ2n) is 4.58. The summed E-state index contributed by atoms with van der Waals surface area (Å²) in [5.41, 5.74) is 0. The molecule has 3 aromatic rings. The smallest absolute Gasteiger partial charge is 0.239 e. The molecule has 0 aliphatic rings. The van der Waals surface area contributed by atoms with E-state index in [1.54, 1.807) is 24.3 Å². The lowest BCUT2D eigenvalue weighted by Gasteiger charge is -2.05. The molecule has 0 N–H and O–H groups in total. The van der Waals surface area contributed by atoms with E-state index in [0.717, 1.165) is 4.88 Å². The fourth-order valence-electron chi connectivity index (χ4n) is 1.84. The van der Waals surface area contributed by atoms with Gasteiger partial charge in [-0.1, -0.05) is 28.9 Å². The van der Waals surface area contributed by atoms with Gasteiger partial charge in [0.25, 0.3) is 0 Å². The van der Waals surface area contributed by atoms with Crippen LogP contribution in [0.2, 0.25) is 5.02 Å². The summed E-state index contributed by atoms with van der Waals surface area (Å²) in [7, 11) is -1.13. The SMILES string of the molecule is O=[S@](CCOc1cccc(Cl)c1)Cc1nc(-c2cccs2)no1. The minimum atomic E-state index is -1.13. The summed E-state index contributed by atoms with van der Waals surface area (Å²) < 4.78 is 22.7. The first-order valence-corrected chi connectivity index (χ1v) is 9.55. The van der Waals surface area contributed by atoms with Gasteiger partial charge in [0.15, 0.2) is 0 Å². The topological polar surface area (TPSA) is 65.2 Å². The third-order valence-electron chi connectivity index (χ3n) is 2.87. The van der Waals surface area contributed by atoms with E-state index < -0.39 is 10.8 Å². The van der Waals surface area contributed by atoms with Crippen molar-refractivity contribution in [2.75, 3.05) is 12.4 Å². The lowest BCUT2D eigenvalue weighted by Crippen LogP contribution is -2.10. The minimum Gasteiger partial charge on any atom is -0.493 e. The highest BCUT2D eigenvalue weighted by Gasteiger charge is 2.12. The van der Waals surface area contributed by atoms with Gasteiger partial charge in [-0.15, -0.1) is 11.3 Å². The van der Waals surface area contributed by atoms with Crippen LogP contribution in [0.3, 0.4) is 0 Å². The number of nitrogens with zero attached hydrogens (tertiary/aromatic N) is 2. The Balaban J connectivity index is 1.48. The predicted octanol–water partition coefficient (Wildman–Crippen LogP) is 3.78. The van der Waals surface area contributed by atoms with Crippen LogP contribution in [0.4, 0.5) is 0 Å². The van der Waals surface area contributed by atoms with Gasteiger partial charge < -0.3 is 9.26 Å². The van der Waals surface area contributed by atoms with Gasteiger partial charge in [-0.2, -0.15) is 4.98 Å². The number of hydrogen-bond acceptors (Lipinski definition) is 6. The Bertz CT molecular complexity index is 790. The van der Waals surface area contributed by atoms with Crippen LogP contribution in [0, 0.1) is 0 Å². The number of ether oxygens (including phenoxy) is 1. The van der Waals surface area contributed by atoms with Crippen LogP contribution in [0.15, 0.2) is 46.3 Å². The Morgan fingerprint density at radius 1 is 1.30 bits per heavy atom. The molecular weight excluding hydrogens is 356 g/mol. The Hall–Kier alpha value is -1.70. The molecule has 0 fully saturated rings. The maximum absolute atomic E-state index is 12.0. The summed E-state index contributed by atoms with van der Waals surface area (Å²) >= 11 is 7.40. The molecule has 120 valence electrons. The molecule has 0 aliphatic heterocycles. The van der Waals surface area contributed by atoms with Gasteiger partial charge in [0.1, 0.15) is 11.5 Å². The monoisotopic (exact) mass is 368 g/mol. The highest BCUT2D eigenvalue weighted by Crippen LogP contribution is 2.21. The summed E-state index contributed by atoms with van der Waals surface area (Å²) in [5, 5.41) is 6.44. The summed E-state index contributed by atoms with van der Waals surface area (Å²) in [6, 6.07) is 10.9. The van der Waals surface area contributed by atoms with Crippen LogP contribution in [0.5, 0.6) is 5.75 Å². The summed E-state index contributed by atoms with van der Waals surface area (Å²) in [4.78, 5) is 5.18. The van der Waals surface area contributed by atoms with Crippen LogP contribution in [-0.4, -0.2) is 26.7 Å². The molecule has 0 amide bonds. The number of halogens is 1. The van der Waals surface area contributed by atoms with Gasteiger partial charge in [0, 0.05) is 15.8 Å². The molecule has 0 radical (unpaired) electrons. The number of rotatable bonds is 7. The van der Waals surface area contributed by atoms with Gasteiger partial charge in [0.05, 0.1) is 17.2 Å². The molecule has 0 saturated carbocycles. The molecule has 0 spiro atoms. The van der Waals surface area contributed by atoms with Gasteiger partial charge in [-0.3, -0.25) is 4.21 Å². The fraction of sp³-hybridized carbons (Fsp3) is 0.200. The molecule has 2 heterocycles. The van der Waals surface area contributed by atoms with E-state index in [2.05, 4.69) is 10.1 Å². The van der Waals surface area contributed by atoms with Gasteiger partial charge >= 0.3 is 0 Å². The summed E-state index contributed by atoms with van der Waals surface area (Å²) in [6.45, 7) is 0.332. The molecule has 2 aromatic heterocycles. The highest BCUT2D eigenvalue weighted by molar-refractivity contribution is 7.84. The van der Waals surface area contributed by atoms with Crippen molar-refractivity contribution in [2.45, 2.75) is 5.75 Å². The van der Waals surface area contributed by atoms with Gasteiger partial charge in [-0.05, 0) is 29.6 Å². The standard InChI is InChI=1S/C15H13ClN2O3S2/c16-11-3-1-4-12(9-11)20-6-8-23(19)10-14-17-15(18-21-14)13-5-2-7-22-13/h1-5,7,9H,6,8,10H2/t23-/m1/s1. The van der Waals surface area contributed by atoms with E-state index >= 15 is 0 Å². The van der Waals surface area contributed by atoms with E-state index in [0.29, 0.717) is 34.8 Å². The van der Waals surface area contributed by atoms with Crippen molar-refractivity contribution in [1.29, 1.82) is 0 Å². The van der Waals surface area contributed by atoms with Crippen molar-refractivity contribution in [3.05, 3.63) is 52.7 Å². The normalized spacial score (nSPS) is 12.2. The molecule has 0 aliphatic carbocycles. The molecule has 1 atom stereocenters. The maximum atomic E-state index is 12.0. The van der Waals surface area contributed by atoms with E-state index in [1.165, 1.54) is 11.3 Å². The summed E-state index contributed by atoms with van der Waals surface area (Å²) in [6.07, 6.45) is 0. The number of hydrogen-bond donors (Lipinski definition) is 0. The second kappa shape index (κ2) is 7.72. The summed E-state index contributed by atoms with van der Waals surface area (Å²) in [5.74, 6) is 2.16. The molecule has 8 heteroatoms. The zero-order valence-electron chi connectivity index (χ0n) is 12.0. The molecule has 0 saturated heterocycles. The van der Waals surface area contributed by atoms with Crippen molar-refractivity contribution in [1.82, 2.24) is 10.1 Å². The second-order valence-corrected chi connectivity index (χ2v) is 7.54. The van der Waals surface area contributed by atoms with E-state index in [-0.39, 0.29) is 5.75 Å². The van der Waals surface area contributed by atoms with Crippen molar-refractivity contribution >= 4 is 33.7 Å². The lowest BCUT2D eigenvalue weighted by atomic mass is 10.3. The Morgan fingerprint density at radius 3 is 3.00 bits per heavy atom. The first-order valence-electron chi connectivity index (χ1n) is 6.80. The Morgan fingerprint density at radius 2 is 2.22 bits per heavy atom. The van der Waals surface area contributed by atoms with Crippen molar-refractivity contribution in [3.8, 4) is 16.5 Å². The van der Waals surface area contributed by atoms with Crippen molar-refractivity contribution in [2.24, 2.45) is 0 Å². The Labute approximate surface area is 144 Å². The highest BCUT2D eigenvalue weighted by atomic mass is 35.5. The molecule has 5 nitrogen and oxygen atoms in total. The van der Waals surface area contributed by atoms with E-state index in [1.807, 2.05) is 17.5 Å². The number of thiophene rings is 1. The number of benzene rings is 1. The quantitative estimate of drug-likeness (QED) is 0.635. The van der Waals surface area contributed by atoms with Gasteiger partial charge in [0.2, 0.25) is 11.7 Å². The zero-order valence-corrected chi connectivity index (χ0v) is 14.4. The molecule has 23 heavy (non-hydrogen) atoms. The molecule has 0 unspecified atom stereocenters. The van der Waals surface area contributed by atoms with Crippen molar-refractivity contribution < 1.29 is 13.5 Å². The van der Waals surface area contributed by atoms with Crippen LogP contribution in [0.1, 0.15) is 5.89 Å². The third-order valence-corrected chi connectivity index (χ3v) is 5.16. The Kier molecular flexibility index (Phi) is 5.43. The molecule has 3 rings (SSSR count). The molecule has 0 bridgehead atoms. The van der Waals surface area contributed by atoms with Crippen molar-refractivity contribution in [3.63, 3.8) is 0 Å². The van der Waals surface area contributed by atoms with Crippen LogP contribution < -0.4 is 4.74 Å². The average Bonchev–Trinajstić information content (AvgIpc) is 3.18. The van der Waals surface area contributed by atoms with E-state index in [4.69, 9.17) is 20.9 Å². The average molecular weight is 369 g/mol. The van der Waals surface area contributed by atoms with Crippen LogP contribution in [0.25, 0.3) is 10.7 Å². The van der Waals surface area contributed by atoms with Crippen LogP contribution >= 0.6 is 22.9 Å². The maximum Gasteiger partial charge on any atom is 0.239 e. The predicted molar refractivity (Wildman–Crippen MR) is 91.3 cm³/mol. The third kappa shape index (κ3) is 4.63. The molecular formula is C15H13ClN2O3S2. The zero-order chi connectivity index (χ0) is 16.1. The molecule has 1 aromatic carbocycles. The minimum absolute atomic E-state index is 0.220. The first-order chi connectivity index (χ1) is 11.2. The fourth-order valence-corrected chi connectivity index (χ4v) is 3.47. The lowest BCUT2D eigenvalue weighted by molar-refractivity contribution is 0.342. The van der Waals surface area contributed by atoms with Crippen LogP contribution in [-0.2, 0) is 16.6 Å². The van der Waals surface area contributed by atoms with Gasteiger partial charge in [-0.25, -0.2) is 0 Å². The van der Waals surface area contributed by atoms with E-state index in [9.17, 15) is 4.21 Å². The largest absolute Gasteiger partial charge is 0.493 e. The number of aromatic nitrogens is 2. The first kappa shape index (κ1) is 16.2.